The van der Waals surface area contributed by atoms with Gasteiger partial charge < -0.3 is 0 Å². The molecule has 2 rings (SSSR count). The summed E-state index contributed by atoms with van der Waals surface area (Å²) in [5.41, 5.74) is 5.98. The van der Waals surface area contributed by atoms with Crippen LogP contribution in [0.1, 0.15) is 38.2 Å². The molecular formula is C17H17BrO. The first-order valence-electron chi connectivity index (χ1n) is 6.29. The molecule has 0 atom stereocenters. The van der Waals surface area contributed by atoms with Gasteiger partial charge >= 0.3 is 0 Å². The highest BCUT2D eigenvalue weighted by molar-refractivity contribution is 9.10. The topological polar surface area (TPSA) is 17.1 Å². The molecule has 19 heavy (non-hydrogen) atoms. The molecule has 0 radical (unpaired) electrons. The van der Waals surface area contributed by atoms with E-state index in [2.05, 4.69) is 28.9 Å². The second-order valence-electron chi connectivity index (χ2n) is 5.04. The minimum atomic E-state index is 0.0967. The lowest BCUT2D eigenvalue weighted by Gasteiger charge is -2.11. The minimum Gasteiger partial charge on any atom is -0.289 e. The molecule has 0 N–H and O–H groups in total. The van der Waals surface area contributed by atoms with E-state index in [-0.39, 0.29) is 5.78 Å². The lowest BCUT2D eigenvalue weighted by atomic mass is 9.93. The van der Waals surface area contributed by atoms with Crippen molar-refractivity contribution in [3.63, 3.8) is 0 Å². The van der Waals surface area contributed by atoms with Crippen molar-refractivity contribution in [3.8, 4) is 0 Å². The van der Waals surface area contributed by atoms with Gasteiger partial charge in [-0.3, -0.25) is 4.79 Å². The zero-order valence-electron chi connectivity index (χ0n) is 11.7. The smallest absolute Gasteiger partial charge is 0.193 e. The van der Waals surface area contributed by atoms with Gasteiger partial charge in [-0.2, -0.15) is 0 Å². The van der Waals surface area contributed by atoms with E-state index in [4.69, 9.17) is 0 Å². The Morgan fingerprint density at radius 2 is 1.37 bits per heavy atom. The molecular weight excluding hydrogens is 300 g/mol. The molecule has 2 aromatic carbocycles. The predicted molar refractivity (Wildman–Crippen MR) is 83.0 cm³/mol. The Balaban J connectivity index is 2.56. The van der Waals surface area contributed by atoms with Crippen LogP contribution in [0.25, 0.3) is 0 Å². The van der Waals surface area contributed by atoms with Crippen LogP contribution in [-0.2, 0) is 0 Å². The highest BCUT2D eigenvalue weighted by Gasteiger charge is 2.15. The van der Waals surface area contributed by atoms with Gasteiger partial charge in [0, 0.05) is 15.6 Å². The molecule has 0 aliphatic heterocycles. The number of hydrogen-bond acceptors (Lipinski definition) is 1. The van der Waals surface area contributed by atoms with Crippen molar-refractivity contribution in [2.24, 2.45) is 0 Å². The maximum atomic E-state index is 12.7. The van der Waals surface area contributed by atoms with E-state index in [1.807, 2.05) is 45.0 Å². The third-order valence-electron chi connectivity index (χ3n) is 3.53. The van der Waals surface area contributed by atoms with Crippen LogP contribution in [0, 0.1) is 27.7 Å². The van der Waals surface area contributed by atoms with E-state index in [1.54, 1.807) is 0 Å². The third-order valence-corrected chi connectivity index (χ3v) is 4.02. The van der Waals surface area contributed by atoms with E-state index in [9.17, 15) is 4.79 Å². The zero-order valence-corrected chi connectivity index (χ0v) is 13.3. The van der Waals surface area contributed by atoms with Crippen molar-refractivity contribution in [2.75, 3.05) is 0 Å². The fraction of sp³-hybridized carbons (Fsp3) is 0.235. The van der Waals surface area contributed by atoms with Gasteiger partial charge in [0.15, 0.2) is 5.78 Å². The first-order chi connectivity index (χ1) is 8.90. The molecule has 2 aromatic rings. The van der Waals surface area contributed by atoms with Crippen LogP contribution < -0.4 is 0 Å². The molecule has 2 heteroatoms. The number of aryl methyl sites for hydroxylation is 4. The summed E-state index contributed by atoms with van der Waals surface area (Å²) >= 11 is 3.43. The molecule has 0 saturated heterocycles. The van der Waals surface area contributed by atoms with Gasteiger partial charge in [-0.1, -0.05) is 28.1 Å². The molecule has 0 bridgehead atoms. The van der Waals surface area contributed by atoms with Crippen molar-refractivity contribution >= 4 is 21.7 Å². The number of hydrogen-bond donors (Lipinski definition) is 0. The van der Waals surface area contributed by atoms with Crippen LogP contribution in [-0.4, -0.2) is 5.78 Å². The molecule has 0 saturated carbocycles. The largest absolute Gasteiger partial charge is 0.289 e. The lowest BCUT2D eigenvalue weighted by Crippen LogP contribution is -2.07. The van der Waals surface area contributed by atoms with Gasteiger partial charge in [-0.15, -0.1) is 0 Å². The molecule has 0 aliphatic carbocycles. The monoisotopic (exact) mass is 316 g/mol. The summed E-state index contributed by atoms with van der Waals surface area (Å²) in [6, 6.07) is 9.89. The van der Waals surface area contributed by atoms with Gasteiger partial charge in [0.05, 0.1) is 0 Å². The fourth-order valence-corrected chi connectivity index (χ4v) is 2.55. The molecule has 0 aliphatic rings. The summed E-state index contributed by atoms with van der Waals surface area (Å²) in [5.74, 6) is 0.0967. The van der Waals surface area contributed by atoms with E-state index < -0.39 is 0 Å². The zero-order chi connectivity index (χ0) is 14.2. The summed E-state index contributed by atoms with van der Waals surface area (Å²) in [5, 5.41) is 0. The van der Waals surface area contributed by atoms with Crippen LogP contribution in [0.15, 0.2) is 34.8 Å². The van der Waals surface area contributed by atoms with Gasteiger partial charge in [0.2, 0.25) is 0 Å². The van der Waals surface area contributed by atoms with Crippen LogP contribution in [0.5, 0.6) is 0 Å². The maximum Gasteiger partial charge on any atom is 0.193 e. The Kier molecular flexibility index (Phi) is 3.91. The molecule has 0 fully saturated rings. The Bertz CT molecular complexity index is 657. The molecule has 0 unspecified atom stereocenters. The molecule has 0 heterocycles. The fourth-order valence-electron chi connectivity index (χ4n) is 2.19. The molecule has 98 valence electrons. The highest BCUT2D eigenvalue weighted by atomic mass is 79.9. The average molecular weight is 317 g/mol. The molecule has 0 amide bonds. The first kappa shape index (κ1) is 14.0. The third kappa shape index (κ3) is 2.79. The van der Waals surface area contributed by atoms with Crippen molar-refractivity contribution in [1.29, 1.82) is 0 Å². The van der Waals surface area contributed by atoms with E-state index >= 15 is 0 Å². The maximum absolute atomic E-state index is 12.7. The summed E-state index contributed by atoms with van der Waals surface area (Å²) < 4.78 is 0.933. The van der Waals surface area contributed by atoms with Crippen LogP contribution in [0.2, 0.25) is 0 Å². The van der Waals surface area contributed by atoms with Gasteiger partial charge in [0.25, 0.3) is 0 Å². The van der Waals surface area contributed by atoms with Crippen molar-refractivity contribution in [2.45, 2.75) is 27.7 Å². The molecule has 0 spiro atoms. The lowest BCUT2D eigenvalue weighted by molar-refractivity contribution is 0.103. The first-order valence-corrected chi connectivity index (χ1v) is 7.08. The Morgan fingerprint density at radius 3 is 2.05 bits per heavy atom. The highest BCUT2D eigenvalue weighted by Crippen LogP contribution is 2.23. The Morgan fingerprint density at radius 1 is 0.789 bits per heavy atom. The van der Waals surface area contributed by atoms with Crippen LogP contribution in [0.3, 0.4) is 0 Å². The van der Waals surface area contributed by atoms with Gasteiger partial charge in [0.1, 0.15) is 0 Å². The van der Waals surface area contributed by atoms with Crippen LogP contribution >= 0.6 is 15.9 Å². The van der Waals surface area contributed by atoms with Crippen LogP contribution in [0.4, 0.5) is 0 Å². The van der Waals surface area contributed by atoms with Gasteiger partial charge in [-0.25, -0.2) is 0 Å². The second kappa shape index (κ2) is 5.30. The second-order valence-corrected chi connectivity index (χ2v) is 5.96. The number of ketones is 1. The van der Waals surface area contributed by atoms with E-state index in [0.717, 1.165) is 32.3 Å². The quantitative estimate of drug-likeness (QED) is 0.719. The summed E-state index contributed by atoms with van der Waals surface area (Å²) in [6.45, 7) is 8.07. The Hall–Kier alpha value is -1.41. The van der Waals surface area contributed by atoms with E-state index in [0.29, 0.717) is 0 Å². The number of rotatable bonds is 2. The van der Waals surface area contributed by atoms with Crippen molar-refractivity contribution < 1.29 is 4.79 Å². The summed E-state index contributed by atoms with van der Waals surface area (Å²) in [4.78, 5) is 12.7. The summed E-state index contributed by atoms with van der Waals surface area (Å²) in [7, 11) is 0. The molecule has 1 nitrogen and oxygen atoms in total. The standard InChI is InChI=1S/C17H17BrO/c1-10-5-6-14(18)9-16(10)17(19)15-8-12(3)11(2)7-13(15)4/h5-9H,1-4H3. The predicted octanol–water partition coefficient (Wildman–Crippen LogP) is 4.91. The Labute approximate surface area is 122 Å². The average Bonchev–Trinajstić information content (AvgIpc) is 2.36. The minimum absolute atomic E-state index is 0.0967. The SMILES string of the molecule is Cc1cc(C)c(C(=O)c2cc(Br)ccc2C)cc1C. The van der Waals surface area contributed by atoms with Crippen molar-refractivity contribution in [3.05, 3.63) is 68.2 Å². The molecule has 0 aromatic heterocycles. The number of carbonyl (C=O) groups excluding carboxylic acids is 1. The normalized spacial score (nSPS) is 10.6. The van der Waals surface area contributed by atoms with E-state index in [1.165, 1.54) is 5.56 Å². The van der Waals surface area contributed by atoms with Gasteiger partial charge in [-0.05, 0) is 68.1 Å². The summed E-state index contributed by atoms with van der Waals surface area (Å²) in [6.07, 6.45) is 0. The number of halogens is 1. The number of carbonyl (C=O) groups is 1. The van der Waals surface area contributed by atoms with Crippen molar-refractivity contribution in [1.82, 2.24) is 0 Å². The number of benzene rings is 2.